The van der Waals surface area contributed by atoms with E-state index in [2.05, 4.69) is 75.5 Å². The summed E-state index contributed by atoms with van der Waals surface area (Å²) in [4.78, 5) is 0. The topological polar surface area (TPSA) is 4.93 Å². The van der Waals surface area contributed by atoms with Crippen molar-refractivity contribution in [2.75, 3.05) is 0 Å². The molecule has 1 heterocycles. The molecule has 3 rings (SSSR count). The first-order valence-corrected chi connectivity index (χ1v) is 6.25. The number of nitrogens with zero attached hydrogens (tertiary/aromatic N) is 1. The molecule has 0 aliphatic rings. The average molecular weight is 239 g/mol. The van der Waals surface area contributed by atoms with E-state index in [0.717, 1.165) is 0 Å². The fourth-order valence-corrected chi connectivity index (χ4v) is 2.44. The Hall–Kier alpha value is -1.59. The molecule has 0 saturated heterocycles. The number of rotatable bonds is 1. The Morgan fingerprint density at radius 1 is 1.00 bits per heavy atom. The molecule has 0 aliphatic carbocycles. The van der Waals surface area contributed by atoms with Crippen LogP contribution in [0.5, 0.6) is 0 Å². The Kier molecular flexibility index (Phi) is 2.49. The van der Waals surface area contributed by atoms with Gasteiger partial charge in [0.15, 0.2) is 0 Å². The van der Waals surface area contributed by atoms with E-state index in [1.54, 1.807) is 0 Å². The van der Waals surface area contributed by atoms with Crippen LogP contribution in [0.3, 0.4) is 0 Å². The third-order valence-corrected chi connectivity index (χ3v) is 3.35. The van der Waals surface area contributed by atoms with Crippen molar-refractivity contribution in [3.05, 3.63) is 60.3 Å². The summed E-state index contributed by atoms with van der Waals surface area (Å²) in [5, 5.41) is 2.50. The van der Waals surface area contributed by atoms with Crippen LogP contribution in [0.2, 0.25) is 0 Å². The lowest BCUT2D eigenvalue weighted by Crippen LogP contribution is -1.96. The molecule has 1 atom stereocenters. The molecule has 0 bridgehead atoms. The van der Waals surface area contributed by atoms with E-state index in [0.29, 0.717) is 0 Å². The maximum atomic E-state index is 2.74. The molecule has 0 N–H and O–H groups in total. The molecule has 3 aromatic rings. The second-order valence-electron chi connectivity index (χ2n) is 4.34. The first-order chi connectivity index (χ1) is 8.24. The van der Waals surface area contributed by atoms with Gasteiger partial charge in [0.2, 0.25) is 0 Å². The predicted octanol–water partition coefficient (Wildman–Crippen LogP) is 3.44. The lowest BCUT2D eigenvalue weighted by Gasteiger charge is -2.06. The lowest BCUT2D eigenvalue weighted by molar-refractivity contribution is 1.13. The largest absolute Gasteiger partial charge is 0.317 e. The molecule has 84 valence electrons. The van der Waals surface area contributed by atoms with Gasteiger partial charge in [-0.1, -0.05) is 23.8 Å². The number of aromatic nitrogens is 1. The van der Waals surface area contributed by atoms with Gasteiger partial charge in [0.1, 0.15) is 0 Å². The second kappa shape index (κ2) is 4.01. The molecular formula is C15H14NP. The minimum Gasteiger partial charge on any atom is -0.317 e. The van der Waals surface area contributed by atoms with Crippen molar-refractivity contribution in [1.29, 1.82) is 0 Å². The first kappa shape index (κ1) is 10.6. The van der Waals surface area contributed by atoms with Gasteiger partial charge in [-0.25, -0.2) is 0 Å². The Balaban J connectivity index is 2.24. The standard InChI is InChI=1S/C15H14NP/c1-11-5-6-15-12(9-11)7-8-16(15)13-3-2-4-14(17)10-13/h2-10H,17H2,1H3. The third-order valence-electron chi connectivity index (χ3n) is 2.99. The van der Waals surface area contributed by atoms with Crippen LogP contribution in [0.4, 0.5) is 0 Å². The molecule has 0 spiro atoms. The predicted molar refractivity (Wildman–Crippen MR) is 77.4 cm³/mol. The Bertz CT molecular complexity index is 682. The van der Waals surface area contributed by atoms with Gasteiger partial charge in [-0.3, -0.25) is 0 Å². The Labute approximate surface area is 103 Å². The average Bonchev–Trinajstić information content (AvgIpc) is 2.71. The zero-order valence-electron chi connectivity index (χ0n) is 9.72. The van der Waals surface area contributed by atoms with Gasteiger partial charge >= 0.3 is 0 Å². The highest BCUT2D eigenvalue weighted by Gasteiger charge is 2.02. The summed E-state index contributed by atoms with van der Waals surface area (Å²) in [5.74, 6) is 0. The smallest absolute Gasteiger partial charge is 0.0528 e. The number of hydrogen-bond donors (Lipinski definition) is 0. The van der Waals surface area contributed by atoms with Crippen LogP contribution < -0.4 is 5.30 Å². The van der Waals surface area contributed by atoms with Crippen LogP contribution in [-0.4, -0.2) is 4.57 Å². The molecule has 0 saturated carbocycles. The SMILES string of the molecule is Cc1ccc2c(ccn2-c2cccc(P)c2)c1. The summed E-state index contributed by atoms with van der Waals surface area (Å²) in [7, 11) is 2.74. The molecule has 17 heavy (non-hydrogen) atoms. The molecule has 0 radical (unpaired) electrons. The second-order valence-corrected chi connectivity index (χ2v) is 5.01. The van der Waals surface area contributed by atoms with E-state index in [-0.39, 0.29) is 0 Å². The van der Waals surface area contributed by atoms with Crippen LogP contribution in [0, 0.1) is 6.92 Å². The third kappa shape index (κ3) is 1.87. The summed E-state index contributed by atoms with van der Waals surface area (Å²) < 4.78 is 2.22. The number of fused-ring (bicyclic) bond motifs is 1. The summed E-state index contributed by atoms with van der Waals surface area (Å²) in [5.41, 5.74) is 3.76. The van der Waals surface area contributed by atoms with E-state index in [9.17, 15) is 0 Å². The van der Waals surface area contributed by atoms with E-state index in [1.165, 1.54) is 27.5 Å². The quantitative estimate of drug-likeness (QED) is 0.573. The van der Waals surface area contributed by atoms with Crippen LogP contribution in [0.25, 0.3) is 16.6 Å². The molecule has 1 nitrogen and oxygen atoms in total. The van der Waals surface area contributed by atoms with Gasteiger partial charge in [0.05, 0.1) is 5.52 Å². The molecule has 1 aromatic heterocycles. The lowest BCUT2D eigenvalue weighted by atomic mass is 10.2. The summed E-state index contributed by atoms with van der Waals surface area (Å²) in [6.45, 7) is 2.13. The van der Waals surface area contributed by atoms with E-state index < -0.39 is 0 Å². The van der Waals surface area contributed by atoms with Crippen molar-refractivity contribution < 1.29 is 0 Å². The maximum Gasteiger partial charge on any atom is 0.0528 e. The van der Waals surface area contributed by atoms with Gasteiger partial charge in [0, 0.05) is 17.3 Å². The molecule has 0 aliphatic heterocycles. The van der Waals surface area contributed by atoms with Crippen molar-refractivity contribution in [1.82, 2.24) is 4.57 Å². The summed E-state index contributed by atoms with van der Waals surface area (Å²) >= 11 is 0. The van der Waals surface area contributed by atoms with Gasteiger partial charge < -0.3 is 4.57 Å². The van der Waals surface area contributed by atoms with Crippen molar-refractivity contribution in [2.45, 2.75) is 6.92 Å². The first-order valence-electron chi connectivity index (χ1n) is 5.68. The van der Waals surface area contributed by atoms with E-state index >= 15 is 0 Å². The van der Waals surface area contributed by atoms with Crippen molar-refractivity contribution in [3.63, 3.8) is 0 Å². The minimum absolute atomic E-state index is 1.20. The van der Waals surface area contributed by atoms with Crippen molar-refractivity contribution in [3.8, 4) is 5.69 Å². The fourth-order valence-electron chi connectivity index (χ4n) is 2.16. The van der Waals surface area contributed by atoms with Crippen LogP contribution in [0.15, 0.2) is 54.7 Å². The zero-order chi connectivity index (χ0) is 11.8. The highest BCUT2D eigenvalue weighted by atomic mass is 31.0. The van der Waals surface area contributed by atoms with Crippen molar-refractivity contribution in [2.24, 2.45) is 0 Å². The monoisotopic (exact) mass is 239 g/mol. The van der Waals surface area contributed by atoms with E-state index in [4.69, 9.17) is 0 Å². The summed E-state index contributed by atoms with van der Waals surface area (Å²) in [6, 6.07) is 17.2. The van der Waals surface area contributed by atoms with Gasteiger partial charge in [-0.15, -0.1) is 9.24 Å². The maximum absolute atomic E-state index is 2.74. The summed E-state index contributed by atoms with van der Waals surface area (Å²) in [6.07, 6.45) is 2.13. The van der Waals surface area contributed by atoms with Gasteiger partial charge in [-0.05, 0) is 42.6 Å². The Morgan fingerprint density at radius 3 is 2.71 bits per heavy atom. The van der Waals surface area contributed by atoms with Crippen LogP contribution in [0.1, 0.15) is 5.56 Å². The molecule has 2 aromatic carbocycles. The normalized spacial score (nSPS) is 10.9. The minimum atomic E-state index is 1.20. The Morgan fingerprint density at radius 2 is 1.88 bits per heavy atom. The van der Waals surface area contributed by atoms with Gasteiger partial charge in [-0.2, -0.15) is 0 Å². The number of aryl methyl sites for hydroxylation is 1. The number of hydrogen-bond acceptors (Lipinski definition) is 0. The van der Waals surface area contributed by atoms with Crippen LogP contribution in [-0.2, 0) is 0 Å². The number of benzene rings is 2. The van der Waals surface area contributed by atoms with Crippen molar-refractivity contribution >= 4 is 25.4 Å². The van der Waals surface area contributed by atoms with Crippen LogP contribution >= 0.6 is 9.24 Å². The van der Waals surface area contributed by atoms with E-state index in [1.807, 2.05) is 0 Å². The molecular weight excluding hydrogens is 225 g/mol. The molecule has 0 fully saturated rings. The molecule has 1 unspecified atom stereocenters. The fraction of sp³-hybridized carbons (Fsp3) is 0.0667. The zero-order valence-corrected chi connectivity index (χ0v) is 10.9. The van der Waals surface area contributed by atoms with Gasteiger partial charge in [0.25, 0.3) is 0 Å². The molecule has 0 amide bonds. The highest BCUT2D eigenvalue weighted by Crippen LogP contribution is 2.21. The highest BCUT2D eigenvalue weighted by molar-refractivity contribution is 7.27. The molecule has 2 heteroatoms.